The molecule has 1 N–H and O–H groups in total. The molecule has 0 aromatic carbocycles. The fourth-order valence-corrected chi connectivity index (χ4v) is 0.720. The average molecular weight is 173 g/mol. The van der Waals surface area contributed by atoms with Crippen LogP contribution in [0, 0.1) is 5.92 Å². The van der Waals surface area contributed by atoms with Gasteiger partial charge >= 0.3 is 5.97 Å². The minimum Gasteiger partial charge on any atom is -0.468 e. The number of nitrogens with one attached hydrogen (secondary N) is 1. The molecule has 1 atom stereocenters. The normalized spacial score (nSPS) is 11.6. The van der Waals surface area contributed by atoms with Gasteiger partial charge in [0.2, 0.25) is 5.91 Å². The van der Waals surface area contributed by atoms with Gasteiger partial charge in [-0.1, -0.05) is 0 Å². The molecule has 0 fully saturated rings. The van der Waals surface area contributed by atoms with Crippen LogP contribution in [0.4, 0.5) is 0 Å². The quantitative estimate of drug-likeness (QED) is 0.444. The van der Waals surface area contributed by atoms with Gasteiger partial charge in [-0.05, 0) is 6.92 Å². The Hall–Kier alpha value is -1.39. The maximum Gasteiger partial charge on any atom is 0.325 e. The van der Waals surface area contributed by atoms with Gasteiger partial charge in [0.1, 0.15) is 0 Å². The highest BCUT2D eigenvalue weighted by Crippen LogP contribution is 2.00. The summed E-state index contributed by atoms with van der Waals surface area (Å²) in [5.74, 6) is -3.34. The molecule has 1 unspecified atom stereocenters. The van der Waals surface area contributed by atoms with Crippen LogP contribution in [0.25, 0.3) is 0 Å². The molecule has 0 bridgehead atoms. The highest BCUT2D eigenvalue weighted by Gasteiger charge is 2.30. The van der Waals surface area contributed by atoms with Gasteiger partial charge in [-0.3, -0.25) is 14.4 Å². The molecule has 0 saturated carbocycles. The lowest BCUT2D eigenvalue weighted by molar-refractivity contribution is -0.153. The molecule has 5 heteroatoms. The lowest BCUT2D eigenvalue weighted by Crippen LogP contribution is -2.38. The Kier molecular flexibility index (Phi) is 3.96. The fraction of sp³-hybridized carbons (Fsp3) is 0.571. The number of hydrogen-bond donors (Lipinski definition) is 1. The summed E-state index contributed by atoms with van der Waals surface area (Å²) in [6.45, 7) is 1.16. The van der Waals surface area contributed by atoms with Gasteiger partial charge in [-0.2, -0.15) is 0 Å². The summed E-state index contributed by atoms with van der Waals surface area (Å²) in [5, 5.41) is 2.20. The zero-order chi connectivity index (χ0) is 9.72. The summed E-state index contributed by atoms with van der Waals surface area (Å²) in [6.07, 6.45) is 0. The number of ketones is 1. The summed E-state index contributed by atoms with van der Waals surface area (Å²) >= 11 is 0. The van der Waals surface area contributed by atoms with Crippen molar-refractivity contribution in [1.29, 1.82) is 0 Å². The molecule has 0 radical (unpaired) electrons. The van der Waals surface area contributed by atoms with Crippen molar-refractivity contribution in [3.8, 4) is 0 Å². The Morgan fingerprint density at radius 2 is 1.83 bits per heavy atom. The van der Waals surface area contributed by atoms with Crippen molar-refractivity contribution in [2.75, 3.05) is 14.2 Å². The van der Waals surface area contributed by atoms with Gasteiger partial charge < -0.3 is 10.1 Å². The molecule has 0 spiro atoms. The molecule has 0 aromatic heterocycles. The zero-order valence-corrected chi connectivity index (χ0v) is 7.21. The highest BCUT2D eigenvalue weighted by molar-refractivity contribution is 6.15. The van der Waals surface area contributed by atoms with Crippen LogP contribution in [0.15, 0.2) is 0 Å². The molecule has 0 aromatic rings. The Labute approximate surface area is 70.1 Å². The third-order valence-electron chi connectivity index (χ3n) is 1.35. The van der Waals surface area contributed by atoms with Crippen LogP contribution >= 0.6 is 0 Å². The Balaban J connectivity index is 4.55. The van der Waals surface area contributed by atoms with Crippen LogP contribution in [0.1, 0.15) is 6.92 Å². The maximum atomic E-state index is 10.9. The Morgan fingerprint density at radius 1 is 1.33 bits per heavy atom. The van der Waals surface area contributed by atoms with E-state index >= 15 is 0 Å². The van der Waals surface area contributed by atoms with E-state index in [-0.39, 0.29) is 0 Å². The second-order valence-corrected chi connectivity index (χ2v) is 2.18. The average Bonchev–Trinajstić information content (AvgIpc) is 2.03. The minimum absolute atomic E-state index is 0.527. The summed E-state index contributed by atoms with van der Waals surface area (Å²) in [7, 11) is 2.47. The van der Waals surface area contributed by atoms with E-state index in [1.807, 2.05) is 0 Å². The number of esters is 1. The van der Waals surface area contributed by atoms with Crippen molar-refractivity contribution in [2.45, 2.75) is 6.92 Å². The molecule has 1 amide bonds. The molecular weight excluding hydrogens is 162 g/mol. The van der Waals surface area contributed by atoms with Gasteiger partial charge in [-0.25, -0.2) is 0 Å². The molecule has 0 heterocycles. The smallest absolute Gasteiger partial charge is 0.325 e. The lowest BCUT2D eigenvalue weighted by atomic mass is 10.1. The van der Waals surface area contributed by atoms with E-state index in [4.69, 9.17) is 0 Å². The second kappa shape index (κ2) is 4.48. The third kappa shape index (κ3) is 2.34. The Bertz CT molecular complexity index is 195. The van der Waals surface area contributed by atoms with Crippen molar-refractivity contribution in [2.24, 2.45) is 5.92 Å². The van der Waals surface area contributed by atoms with Crippen molar-refractivity contribution in [3.05, 3.63) is 0 Å². The second-order valence-electron chi connectivity index (χ2n) is 2.18. The summed E-state index contributed by atoms with van der Waals surface area (Å²) in [5.41, 5.74) is 0. The van der Waals surface area contributed by atoms with E-state index in [1.54, 1.807) is 0 Å². The molecule has 0 aliphatic heterocycles. The minimum atomic E-state index is -1.33. The predicted molar refractivity (Wildman–Crippen MR) is 40.3 cm³/mol. The van der Waals surface area contributed by atoms with Gasteiger partial charge in [0, 0.05) is 7.05 Å². The summed E-state index contributed by atoms with van der Waals surface area (Å²) in [6, 6.07) is 0. The van der Waals surface area contributed by atoms with Crippen molar-refractivity contribution in [3.63, 3.8) is 0 Å². The number of ether oxygens (including phenoxy) is 1. The van der Waals surface area contributed by atoms with Gasteiger partial charge in [0.25, 0.3) is 0 Å². The van der Waals surface area contributed by atoms with E-state index in [9.17, 15) is 14.4 Å². The zero-order valence-electron chi connectivity index (χ0n) is 7.21. The first kappa shape index (κ1) is 10.6. The van der Waals surface area contributed by atoms with E-state index < -0.39 is 23.6 Å². The molecule has 0 aliphatic carbocycles. The summed E-state index contributed by atoms with van der Waals surface area (Å²) < 4.78 is 4.28. The van der Waals surface area contributed by atoms with Crippen LogP contribution in [0.3, 0.4) is 0 Å². The Morgan fingerprint density at radius 3 is 2.08 bits per heavy atom. The number of methoxy groups -OCH3 is 1. The number of carbonyl (C=O) groups excluding carboxylic acids is 3. The number of hydrogen-bond acceptors (Lipinski definition) is 4. The SMILES string of the molecule is CNC(=O)C(C(C)=O)C(=O)OC. The molecule has 5 nitrogen and oxygen atoms in total. The molecule has 0 saturated heterocycles. The number of rotatable bonds is 3. The molecule has 0 rings (SSSR count). The van der Waals surface area contributed by atoms with Crippen molar-refractivity contribution < 1.29 is 19.1 Å². The number of Topliss-reactive ketones (excluding diaryl/α,β-unsaturated/α-hetero) is 1. The van der Waals surface area contributed by atoms with Crippen molar-refractivity contribution >= 4 is 17.7 Å². The van der Waals surface area contributed by atoms with Crippen molar-refractivity contribution in [1.82, 2.24) is 5.32 Å². The third-order valence-corrected chi connectivity index (χ3v) is 1.35. The number of amides is 1. The van der Waals surface area contributed by atoms with E-state index in [0.29, 0.717) is 0 Å². The van der Waals surface area contributed by atoms with Crippen LogP contribution in [0.5, 0.6) is 0 Å². The first-order valence-corrected chi connectivity index (χ1v) is 3.34. The van der Waals surface area contributed by atoms with Gasteiger partial charge in [0.05, 0.1) is 7.11 Å². The predicted octanol–water partition coefficient (Wildman–Crippen LogP) is -0.889. The number of carbonyl (C=O) groups is 3. The standard InChI is InChI=1S/C7H11NO4/c1-4(9)5(6(10)8-2)7(11)12-3/h5H,1-3H3,(H,8,10). The summed E-state index contributed by atoms with van der Waals surface area (Å²) in [4.78, 5) is 32.6. The van der Waals surface area contributed by atoms with E-state index in [1.165, 1.54) is 7.05 Å². The molecule has 68 valence electrons. The highest BCUT2D eigenvalue weighted by atomic mass is 16.5. The lowest BCUT2D eigenvalue weighted by Gasteiger charge is -2.08. The molecule has 12 heavy (non-hydrogen) atoms. The largest absolute Gasteiger partial charge is 0.468 e. The van der Waals surface area contributed by atoms with Crippen LogP contribution < -0.4 is 5.32 Å². The van der Waals surface area contributed by atoms with Crippen LogP contribution in [0.2, 0.25) is 0 Å². The molecular formula is C7H11NO4. The van der Waals surface area contributed by atoms with Crippen LogP contribution in [-0.4, -0.2) is 31.8 Å². The maximum absolute atomic E-state index is 10.9. The van der Waals surface area contributed by atoms with Gasteiger partial charge in [-0.15, -0.1) is 0 Å². The monoisotopic (exact) mass is 173 g/mol. The van der Waals surface area contributed by atoms with E-state index in [2.05, 4.69) is 10.1 Å². The fourth-order valence-electron chi connectivity index (χ4n) is 0.720. The van der Waals surface area contributed by atoms with E-state index in [0.717, 1.165) is 14.0 Å². The van der Waals surface area contributed by atoms with Gasteiger partial charge in [0.15, 0.2) is 11.7 Å². The molecule has 0 aliphatic rings. The topological polar surface area (TPSA) is 72.5 Å². The van der Waals surface area contributed by atoms with Crippen LogP contribution in [-0.2, 0) is 19.1 Å². The first-order chi connectivity index (χ1) is 5.54. The first-order valence-electron chi connectivity index (χ1n) is 3.34.